The van der Waals surface area contributed by atoms with Gasteiger partial charge in [0.15, 0.2) is 5.65 Å². The zero-order valence-electron chi connectivity index (χ0n) is 15.7. The number of aryl methyl sites for hydroxylation is 1. The number of anilines is 1. The van der Waals surface area contributed by atoms with Crippen molar-refractivity contribution < 1.29 is 0 Å². The predicted molar refractivity (Wildman–Crippen MR) is 107 cm³/mol. The van der Waals surface area contributed by atoms with E-state index in [-0.39, 0.29) is 0 Å². The molecule has 0 unspecified atom stereocenters. The first kappa shape index (κ1) is 17.0. The molecule has 1 saturated heterocycles. The third kappa shape index (κ3) is 3.58. The van der Waals surface area contributed by atoms with Gasteiger partial charge in [-0.15, -0.1) is 0 Å². The molecule has 5 heteroatoms. The van der Waals surface area contributed by atoms with E-state index in [1.165, 1.54) is 38.9 Å². The van der Waals surface area contributed by atoms with Crippen molar-refractivity contribution in [3.05, 3.63) is 48.2 Å². The molecule has 5 nitrogen and oxygen atoms in total. The molecule has 26 heavy (non-hydrogen) atoms. The molecule has 0 saturated carbocycles. The molecule has 0 radical (unpaired) electrons. The molecule has 0 aliphatic carbocycles. The first-order valence-electron chi connectivity index (χ1n) is 9.57. The van der Waals surface area contributed by atoms with Crippen LogP contribution in [0.4, 0.5) is 5.82 Å². The monoisotopic (exact) mass is 349 g/mol. The lowest BCUT2D eigenvalue weighted by Crippen LogP contribution is -2.27. The van der Waals surface area contributed by atoms with Gasteiger partial charge in [-0.25, -0.2) is 4.98 Å². The lowest BCUT2D eigenvalue weighted by molar-refractivity contribution is 0.335. The van der Waals surface area contributed by atoms with Crippen molar-refractivity contribution in [3.63, 3.8) is 0 Å². The second-order valence-corrected chi connectivity index (χ2v) is 7.25. The summed E-state index contributed by atoms with van der Waals surface area (Å²) in [6.45, 7) is 6.75. The maximum absolute atomic E-state index is 4.82. The Bertz CT molecular complexity index is 865. The lowest BCUT2D eigenvalue weighted by atomic mass is 10.1. The van der Waals surface area contributed by atoms with Crippen molar-refractivity contribution in [3.8, 4) is 11.3 Å². The van der Waals surface area contributed by atoms with Gasteiger partial charge in [-0.05, 0) is 45.8 Å². The molecule has 1 fully saturated rings. The fourth-order valence-electron chi connectivity index (χ4n) is 3.75. The van der Waals surface area contributed by atoms with Gasteiger partial charge in [0.05, 0.1) is 11.4 Å². The Kier molecular flexibility index (Phi) is 4.89. The van der Waals surface area contributed by atoms with Crippen LogP contribution in [0.15, 0.2) is 42.5 Å². The quantitative estimate of drug-likeness (QED) is 0.681. The summed E-state index contributed by atoms with van der Waals surface area (Å²) in [6, 6.07) is 14.6. The fraction of sp³-hybridized carbons (Fsp3) is 0.429. The summed E-state index contributed by atoms with van der Waals surface area (Å²) >= 11 is 0. The Morgan fingerprint density at radius 2 is 1.85 bits per heavy atom. The summed E-state index contributed by atoms with van der Waals surface area (Å²) in [6.07, 6.45) is 3.88. The smallest absolute Gasteiger partial charge is 0.158 e. The number of rotatable bonds is 6. The highest BCUT2D eigenvalue weighted by Gasteiger charge is 2.14. The third-order valence-electron chi connectivity index (χ3n) is 5.16. The fourth-order valence-corrected chi connectivity index (χ4v) is 3.75. The van der Waals surface area contributed by atoms with Crippen LogP contribution in [0, 0.1) is 6.92 Å². The molecule has 1 aromatic carbocycles. The van der Waals surface area contributed by atoms with E-state index in [1.54, 1.807) is 0 Å². The standard InChI is InChI=1S/C21H27N5/c1-17-15-20-22-19(18-9-4-3-5-10-18)16-21(26(20)23-17)24(2)11-8-14-25-12-6-7-13-25/h3-5,9-10,15-16H,6-8,11-14H2,1-2H3. The summed E-state index contributed by atoms with van der Waals surface area (Å²) in [5, 5.41) is 4.66. The Labute approximate surface area is 155 Å². The molecular formula is C21H27N5. The molecule has 2 aromatic heterocycles. The van der Waals surface area contributed by atoms with Gasteiger partial charge in [0.2, 0.25) is 0 Å². The highest BCUT2D eigenvalue weighted by atomic mass is 15.3. The number of likely N-dealkylation sites (tertiary alicyclic amines) is 1. The van der Waals surface area contributed by atoms with Gasteiger partial charge in [0.25, 0.3) is 0 Å². The molecular weight excluding hydrogens is 322 g/mol. The van der Waals surface area contributed by atoms with Gasteiger partial charge >= 0.3 is 0 Å². The summed E-state index contributed by atoms with van der Waals surface area (Å²) in [5.74, 6) is 1.10. The normalized spacial score (nSPS) is 15.0. The first-order valence-corrected chi connectivity index (χ1v) is 9.57. The van der Waals surface area contributed by atoms with E-state index in [0.717, 1.165) is 35.0 Å². The predicted octanol–water partition coefficient (Wildman–Crippen LogP) is 3.63. The van der Waals surface area contributed by atoms with Crippen molar-refractivity contribution in [1.29, 1.82) is 0 Å². The molecule has 3 aromatic rings. The van der Waals surface area contributed by atoms with Crippen LogP contribution in [0.3, 0.4) is 0 Å². The first-order chi connectivity index (χ1) is 12.7. The molecule has 3 heterocycles. The van der Waals surface area contributed by atoms with Crippen LogP contribution in [0.1, 0.15) is 25.0 Å². The maximum Gasteiger partial charge on any atom is 0.158 e. The second kappa shape index (κ2) is 7.46. The van der Waals surface area contributed by atoms with Crippen LogP contribution in [-0.2, 0) is 0 Å². The molecule has 0 amide bonds. The highest BCUT2D eigenvalue weighted by Crippen LogP contribution is 2.24. The zero-order chi connectivity index (χ0) is 17.9. The van der Waals surface area contributed by atoms with Crippen LogP contribution >= 0.6 is 0 Å². The van der Waals surface area contributed by atoms with Gasteiger partial charge in [-0.3, -0.25) is 0 Å². The topological polar surface area (TPSA) is 36.7 Å². The molecule has 0 spiro atoms. The largest absolute Gasteiger partial charge is 0.359 e. The summed E-state index contributed by atoms with van der Waals surface area (Å²) in [4.78, 5) is 9.70. The summed E-state index contributed by atoms with van der Waals surface area (Å²) < 4.78 is 1.97. The van der Waals surface area contributed by atoms with E-state index >= 15 is 0 Å². The Morgan fingerprint density at radius 1 is 1.08 bits per heavy atom. The van der Waals surface area contributed by atoms with Crippen LogP contribution in [0.2, 0.25) is 0 Å². The van der Waals surface area contributed by atoms with Crippen LogP contribution in [0.25, 0.3) is 16.9 Å². The highest BCUT2D eigenvalue weighted by molar-refractivity contribution is 5.67. The van der Waals surface area contributed by atoms with Gasteiger partial charge in [0, 0.05) is 31.3 Å². The van der Waals surface area contributed by atoms with Gasteiger partial charge in [-0.1, -0.05) is 30.3 Å². The number of nitrogens with zero attached hydrogens (tertiary/aromatic N) is 5. The van der Waals surface area contributed by atoms with Crippen molar-refractivity contribution in [2.24, 2.45) is 0 Å². The molecule has 0 N–H and O–H groups in total. The Balaban J connectivity index is 1.59. The Morgan fingerprint density at radius 3 is 2.62 bits per heavy atom. The number of fused-ring (bicyclic) bond motifs is 1. The number of hydrogen-bond acceptors (Lipinski definition) is 4. The average molecular weight is 349 g/mol. The van der Waals surface area contributed by atoms with Gasteiger partial charge < -0.3 is 9.80 Å². The van der Waals surface area contributed by atoms with Crippen molar-refractivity contribution in [2.45, 2.75) is 26.2 Å². The van der Waals surface area contributed by atoms with Crippen molar-refractivity contribution >= 4 is 11.5 Å². The molecule has 136 valence electrons. The van der Waals surface area contributed by atoms with Crippen LogP contribution in [-0.4, -0.2) is 52.7 Å². The lowest BCUT2D eigenvalue weighted by Gasteiger charge is -2.22. The van der Waals surface area contributed by atoms with Crippen molar-refractivity contribution in [1.82, 2.24) is 19.5 Å². The minimum absolute atomic E-state index is 0.908. The molecule has 1 aliphatic rings. The average Bonchev–Trinajstić information content (AvgIpc) is 3.30. The SMILES string of the molecule is Cc1cc2nc(-c3ccccc3)cc(N(C)CCCN3CCCC3)n2n1. The third-order valence-corrected chi connectivity index (χ3v) is 5.16. The van der Waals surface area contributed by atoms with E-state index in [9.17, 15) is 0 Å². The number of hydrogen-bond donors (Lipinski definition) is 0. The van der Waals surface area contributed by atoms with E-state index < -0.39 is 0 Å². The molecule has 0 bridgehead atoms. The van der Waals surface area contributed by atoms with Gasteiger partial charge in [-0.2, -0.15) is 9.61 Å². The molecule has 0 atom stereocenters. The number of aromatic nitrogens is 3. The molecule has 1 aliphatic heterocycles. The Hall–Kier alpha value is -2.40. The van der Waals surface area contributed by atoms with Gasteiger partial charge in [0.1, 0.15) is 5.82 Å². The van der Waals surface area contributed by atoms with Crippen LogP contribution in [0.5, 0.6) is 0 Å². The maximum atomic E-state index is 4.82. The second-order valence-electron chi connectivity index (χ2n) is 7.25. The summed E-state index contributed by atoms with van der Waals surface area (Å²) in [5.41, 5.74) is 4.04. The van der Waals surface area contributed by atoms with E-state index in [1.807, 2.05) is 23.6 Å². The van der Waals surface area contributed by atoms with Crippen molar-refractivity contribution in [2.75, 3.05) is 38.1 Å². The van der Waals surface area contributed by atoms with E-state index in [4.69, 9.17) is 4.98 Å². The molecule has 4 rings (SSSR count). The van der Waals surface area contributed by atoms with E-state index in [2.05, 4.69) is 52.3 Å². The van der Waals surface area contributed by atoms with Crippen LogP contribution < -0.4 is 4.90 Å². The van der Waals surface area contributed by atoms with E-state index in [0.29, 0.717) is 0 Å². The minimum atomic E-state index is 0.908. The number of benzene rings is 1. The summed E-state index contributed by atoms with van der Waals surface area (Å²) in [7, 11) is 2.16. The minimum Gasteiger partial charge on any atom is -0.359 e. The zero-order valence-corrected chi connectivity index (χ0v) is 15.7.